The van der Waals surface area contributed by atoms with Gasteiger partial charge in [0.15, 0.2) is 5.65 Å². The van der Waals surface area contributed by atoms with Crippen molar-refractivity contribution in [2.45, 2.75) is 41.2 Å². The first-order valence-electron chi connectivity index (χ1n) is 10.5. The van der Waals surface area contributed by atoms with E-state index in [4.69, 9.17) is 10.1 Å². The number of nitrogens with zero attached hydrogens (tertiary/aromatic N) is 4. The lowest BCUT2D eigenvalue weighted by molar-refractivity contribution is 0.475. The molecule has 0 aliphatic heterocycles. The Morgan fingerprint density at radius 1 is 0.839 bits per heavy atom. The molecule has 0 bridgehead atoms. The van der Waals surface area contributed by atoms with Crippen molar-refractivity contribution in [3.63, 3.8) is 0 Å². The molecule has 0 amide bonds. The molecular weight excluding hydrogens is 384 g/mol. The second kappa shape index (κ2) is 6.98. The molecule has 0 aliphatic rings. The number of aromatic nitrogens is 4. The topological polar surface area (TPSA) is 55.4 Å². The van der Waals surface area contributed by atoms with Gasteiger partial charge in [-0.15, -0.1) is 0 Å². The summed E-state index contributed by atoms with van der Waals surface area (Å²) >= 11 is 0. The zero-order valence-electron chi connectivity index (χ0n) is 18.6. The van der Waals surface area contributed by atoms with Crippen LogP contribution < -0.4 is 0 Å². The molecule has 5 rings (SSSR count). The summed E-state index contributed by atoms with van der Waals surface area (Å²) in [7, 11) is 0. The summed E-state index contributed by atoms with van der Waals surface area (Å²) in [5.74, 6) is 0.278. The van der Waals surface area contributed by atoms with Crippen molar-refractivity contribution in [1.82, 2.24) is 19.2 Å². The van der Waals surface area contributed by atoms with Crippen molar-refractivity contribution in [3.05, 3.63) is 82.3 Å². The van der Waals surface area contributed by atoms with Gasteiger partial charge in [-0.25, -0.2) is 4.98 Å². The Hall–Kier alpha value is -3.60. The van der Waals surface area contributed by atoms with Gasteiger partial charge in [-0.1, -0.05) is 29.8 Å². The van der Waals surface area contributed by atoms with Crippen LogP contribution in [0.4, 0.5) is 0 Å². The average molecular weight is 411 g/mol. The molecule has 0 unspecified atom stereocenters. The van der Waals surface area contributed by atoms with Crippen LogP contribution in [-0.2, 0) is 6.54 Å². The van der Waals surface area contributed by atoms with Crippen molar-refractivity contribution >= 4 is 16.7 Å². The van der Waals surface area contributed by atoms with Crippen LogP contribution in [0, 0.1) is 34.6 Å². The van der Waals surface area contributed by atoms with Crippen LogP contribution in [0.25, 0.3) is 27.8 Å². The molecule has 0 fully saturated rings. The number of phenolic OH excluding ortho intramolecular Hbond substituents is 1. The second-order valence-electron chi connectivity index (χ2n) is 8.51. The Labute approximate surface area is 181 Å². The predicted octanol–water partition coefficient (Wildman–Crippen LogP) is 5.65. The largest absolute Gasteiger partial charge is 0.508 e. The molecule has 5 aromatic rings. The Morgan fingerprint density at radius 3 is 2.19 bits per heavy atom. The summed E-state index contributed by atoms with van der Waals surface area (Å²) in [6.45, 7) is 11.3. The number of hydrogen-bond donors (Lipinski definition) is 1. The van der Waals surface area contributed by atoms with E-state index in [2.05, 4.69) is 63.6 Å². The van der Waals surface area contributed by atoms with Crippen LogP contribution in [0.5, 0.6) is 5.75 Å². The molecule has 2 aromatic carbocycles. The molecule has 5 nitrogen and oxygen atoms in total. The number of benzene rings is 2. The highest BCUT2D eigenvalue weighted by Gasteiger charge is 2.21. The molecule has 3 aromatic heterocycles. The van der Waals surface area contributed by atoms with Crippen LogP contribution in [0.2, 0.25) is 0 Å². The molecule has 0 spiro atoms. The maximum atomic E-state index is 9.61. The van der Waals surface area contributed by atoms with E-state index in [1.54, 1.807) is 12.1 Å². The molecule has 31 heavy (non-hydrogen) atoms. The third kappa shape index (κ3) is 3.08. The van der Waals surface area contributed by atoms with E-state index in [-0.39, 0.29) is 5.75 Å². The summed E-state index contributed by atoms with van der Waals surface area (Å²) < 4.78 is 4.20. The average Bonchev–Trinajstić information content (AvgIpc) is 3.25. The highest BCUT2D eigenvalue weighted by molar-refractivity contribution is 5.89. The maximum Gasteiger partial charge on any atom is 0.165 e. The van der Waals surface area contributed by atoms with Gasteiger partial charge in [0.1, 0.15) is 11.4 Å². The van der Waals surface area contributed by atoms with Crippen LogP contribution in [-0.4, -0.2) is 24.3 Å². The zero-order valence-corrected chi connectivity index (χ0v) is 18.6. The van der Waals surface area contributed by atoms with Crippen molar-refractivity contribution < 1.29 is 5.11 Å². The van der Waals surface area contributed by atoms with Gasteiger partial charge in [0.25, 0.3) is 0 Å². The minimum atomic E-state index is 0.278. The van der Waals surface area contributed by atoms with Crippen molar-refractivity contribution in [2.24, 2.45) is 0 Å². The Balaban J connectivity index is 1.78. The highest BCUT2D eigenvalue weighted by atomic mass is 16.3. The minimum absolute atomic E-state index is 0.278. The van der Waals surface area contributed by atoms with Crippen molar-refractivity contribution in [1.29, 1.82) is 0 Å². The molecule has 0 aliphatic carbocycles. The van der Waals surface area contributed by atoms with E-state index in [0.29, 0.717) is 6.54 Å². The summed E-state index contributed by atoms with van der Waals surface area (Å²) in [5, 5.41) is 15.6. The summed E-state index contributed by atoms with van der Waals surface area (Å²) in [6.07, 6.45) is 2.09. The first-order valence-corrected chi connectivity index (χ1v) is 10.5. The lowest BCUT2D eigenvalue weighted by Crippen LogP contribution is -2.04. The predicted molar refractivity (Wildman–Crippen MR) is 125 cm³/mol. The SMILES string of the molecule is Cc1cc(C)c(-c2c(C)nn3c2nc(C)c2ccn(Cc4ccc(O)cc4)c23)c(C)c1. The van der Waals surface area contributed by atoms with Gasteiger partial charge < -0.3 is 9.67 Å². The Morgan fingerprint density at radius 2 is 1.52 bits per heavy atom. The second-order valence-corrected chi connectivity index (χ2v) is 8.51. The van der Waals surface area contributed by atoms with Crippen LogP contribution in [0.3, 0.4) is 0 Å². The highest BCUT2D eigenvalue weighted by Crippen LogP contribution is 2.35. The van der Waals surface area contributed by atoms with Crippen LogP contribution in [0.1, 0.15) is 33.6 Å². The van der Waals surface area contributed by atoms with Gasteiger partial charge in [0.05, 0.1) is 17.0 Å². The quantitative estimate of drug-likeness (QED) is 0.418. The molecule has 3 heterocycles. The standard InChI is InChI=1S/C26H26N4O/c1-15-12-16(2)23(17(3)13-15)24-19(5)28-30-25(24)27-18(4)22-10-11-29(26(22)30)14-20-6-8-21(31)9-7-20/h6-13,31H,14H2,1-5H3. The van der Waals surface area contributed by atoms with E-state index in [1.165, 1.54) is 22.3 Å². The normalized spacial score (nSPS) is 11.6. The molecule has 0 atom stereocenters. The fraction of sp³-hybridized carbons (Fsp3) is 0.231. The zero-order chi connectivity index (χ0) is 21.9. The fourth-order valence-corrected chi connectivity index (χ4v) is 4.76. The van der Waals surface area contributed by atoms with Gasteiger partial charge in [-0.3, -0.25) is 0 Å². The number of phenols is 1. The maximum absolute atomic E-state index is 9.61. The van der Waals surface area contributed by atoms with Crippen LogP contribution >= 0.6 is 0 Å². The number of aryl methyl sites for hydroxylation is 5. The number of hydrogen-bond acceptors (Lipinski definition) is 3. The number of rotatable bonds is 3. The first-order chi connectivity index (χ1) is 14.8. The molecule has 0 saturated carbocycles. The van der Waals surface area contributed by atoms with Crippen molar-refractivity contribution in [2.75, 3.05) is 0 Å². The fourth-order valence-electron chi connectivity index (χ4n) is 4.76. The lowest BCUT2D eigenvalue weighted by Gasteiger charge is -2.12. The first kappa shape index (κ1) is 19.4. The molecule has 156 valence electrons. The molecule has 0 saturated heterocycles. The smallest absolute Gasteiger partial charge is 0.165 e. The van der Waals surface area contributed by atoms with Gasteiger partial charge >= 0.3 is 0 Å². The third-order valence-electron chi connectivity index (χ3n) is 6.05. The third-order valence-corrected chi connectivity index (χ3v) is 6.05. The van der Waals surface area contributed by atoms with E-state index in [0.717, 1.165) is 39.2 Å². The monoisotopic (exact) mass is 410 g/mol. The van der Waals surface area contributed by atoms with Gasteiger partial charge in [0.2, 0.25) is 0 Å². The van der Waals surface area contributed by atoms with Gasteiger partial charge in [-0.05, 0) is 75.1 Å². The number of fused-ring (bicyclic) bond motifs is 3. The van der Waals surface area contributed by atoms with Gasteiger partial charge in [0, 0.05) is 18.1 Å². The lowest BCUT2D eigenvalue weighted by atomic mass is 9.94. The van der Waals surface area contributed by atoms with E-state index >= 15 is 0 Å². The van der Waals surface area contributed by atoms with E-state index < -0.39 is 0 Å². The Kier molecular flexibility index (Phi) is 4.36. The molecular formula is C26H26N4O. The summed E-state index contributed by atoms with van der Waals surface area (Å²) in [6, 6.07) is 13.9. The van der Waals surface area contributed by atoms with Crippen molar-refractivity contribution in [3.8, 4) is 16.9 Å². The molecule has 5 heteroatoms. The molecule has 0 radical (unpaired) electrons. The summed E-state index contributed by atoms with van der Waals surface area (Å²) in [4.78, 5) is 4.99. The van der Waals surface area contributed by atoms with E-state index in [1.807, 2.05) is 16.6 Å². The minimum Gasteiger partial charge on any atom is -0.508 e. The van der Waals surface area contributed by atoms with Gasteiger partial charge in [-0.2, -0.15) is 9.61 Å². The Bertz CT molecular complexity index is 1430. The van der Waals surface area contributed by atoms with Crippen LogP contribution in [0.15, 0.2) is 48.7 Å². The van der Waals surface area contributed by atoms with E-state index in [9.17, 15) is 5.11 Å². The molecule has 1 N–H and O–H groups in total. The summed E-state index contributed by atoms with van der Waals surface area (Å²) in [5.41, 5.74) is 11.1. The number of aromatic hydroxyl groups is 1.